The maximum atomic E-state index is 11.3. The van der Waals surface area contributed by atoms with Gasteiger partial charge in [-0.1, -0.05) is 30.6 Å². The molecule has 1 aliphatic rings. The Hall–Kier alpha value is -1.50. The van der Waals surface area contributed by atoms with E-state index in [0.29, 0.717) is 5.92 Å². The van der Waals surface area contributed by atoms with E-state index < -0.39 is 0 Å². The molecule has 6 nitrogen and oxygen atoms in total. The van der Waals surface area contributed by atoms with Crippen molar-refractivity contribution in [3.8, 4) is 0 Å². The highest BCUT2D eigenvalue weighted by Gasteiger charge is 2.23. The number of methoxy groups -OCH3 is 1. The molecule has 1 fully saturated rings. The van der Waals surface area contributed by atoms with E-state index in [1.807, 2.05) is 0 Å². The lowest BCUT2D eigenvalue weighted by molar-refractivity contribution is -0.139. The van der Waals surface area contributed by atoms with E-state index in [1.54, 1.807) is 4.52 Å². The molecule has 3 rings (SSSR count). The number of esters is 1. The molecular weight excluding hydrogens is 264 g/mol. The average Bonchev–Trinajstić information content (AvgIpc) is 2.99. The molecule has 2 aromatic heterocycles. The van der Waals surface area contributed by atoms with Crippen LogP contribution >= 0.6 is 11.3 Å². The van der Waals surface area contributed by atoms with Gasteiger partial charge in [0.1, 0.15) is 5.01 Å². The summed E-state index contributed by atoms with van der Waals surface area (Å²) < 4.78 is 6.46. The summed E-state index contributed by atoms with van der Waals surface area (Å²) in [6.45, 7) is 0. The molecule has 7 heteroatoms. The van der Waals surface area contributed by atoms with E-state index in [2.05, 4.69) is 20.0 Å². The molecule has 0 atom stereocenters. The van der Waals surface area contributed by atoms with E-state index in [0.717, 1.165) is 28.6 Å². The van der Waals surface area contributed by atoms with Gasteiger partial charge in [-0.3, -0.25) is 4.79 Å². The van der Waals surface area contributed by atoms with Crippen LogP contribution in [0.1, 0.15) is 48.9 Å². The van der Waals surface area contributed by atoms with E-state index in [1.165, 1.54) is 37.7 Å². The summed E-state index contributed by atoms with van der Waals surface area (Å²) in [5, 5.41) is 13.6. The molecule has 1 aliphatic carbocycles. The molecule has 0 saturated heterocycles. The predicted molar refractivity (Wildman–Crippen MR) is 70.2 cm³/mol. The molecule has 19 heavy (non-hydrogen) atoms. The fourth-order valence-electron chi connectivity index (χ4n) is 2.55. The van der Waals surface area contributed by atoms with Gasteiger partial charge in [0.2, 0.25) is 4.96 Å². The number of hydrogen-bond acceptors (Lipinski definition) is 6. The molecule has 0 bridgehead atoms. The average molecular weight is 280 g/mol. The molecular formula is C12H16N4O2S. The highest BCUT2D eigenvalue weighted by atomic mass is 32.1. The third kappa shape index (κ3) is 2.47. The molecule has 0 spiro atoms. The first kappa shape index (κ1) is 12.5. The molecule has 0 unspecified atom stereocenters. The Morgan fingerprint density at radius 1 is 1.37 bits per heavy atom. The lowest BCUT2D eigenvalue weighted by Gasteiger charge is -2.18. The van der Waals surface area contributed by atoms with E-state index >= 15 is 0 Å². The van der Waals surface area contributed by atoms with Crippen LogP contribution in [0.25, 0.3) is 4.96 Å². The first-order valence-electron chi connectivity index (χ1n) is 6.56. The zero-order valence-electron chi connectivity index (χ0n) is 10.8. The van der Waals surface area contributed by atoms with Gasteiger partial charge in [-0.05, 0) is 12.8 Å². The zero-order chi connectivity index (χ0) is 13.2. The van der Waals surface area contributed by atoms with Crippen LogP contribution in [0.2, 0.25) is 0 Å². The van der Waals surface area contributed by atoms with Crippen molar-refractivity contribution in [2.45, 2.75) is 44.4 Å². The Morgan fingerprint density at radius 2 is 2.16 bits per heavy atom. The highest BCUT2D eigenvalue weighted by Crippen LogP contribution is 2.32. The van der Waals surface area contributed by atoms with Crippen LogP contribution in [0, 0.1) is 0 Å². The second-order valence-corrected chi connectivity index (χ2v) is 5.88. The Morgan fingerprint density at radius 3 is 2.89 bits per heavy atom. The van der Waals surface area contributed by atoms with Crippen LogP contribution in [-0.4, -0.2) is 32.9 Å². The standard InChI is InChI=1S/C12H16N4O2S/c1-18-10(17)7-9-15-16-11(13-14-12(16)19-9)8-5-3-2-4-6-8/h8H,2-7H2,1H3. The van der Waals surface area contributed by atoms with Gasteiger partial charge in [-0.15, -0.1) is 10.2 Å². The fourth-order valence-corrected chi connectivity index (χ4v) is 3.38. The van der Waals surface area contributed by atoms with Crippen molar-refractivity contribution in [2.75, 3.05) is 7.11 Å². The van der Waals surface area contributed by atoms with Crippen LogP contribution in [0.15, 0.2) is 0 Å². The maximum Gasteiger partial charge on any atom is 0.312 e. The van der Waals surface area contributed by atoms with Crippen molar-refractivity contribution in [1.82, 2.24) is 19.8 Å². The molecule has 0 aliphatic heterocycles. The molecule has 1 saturated carbocycles. The third-order valence-electron chi connectivity index (χ3n) is 3.55. The summed E-state index contributed by atoms with van der Waals surface area (Å²) in [4.78, 5) is 12.0. The maximum absolute atomic E-state index is 11.3. The number of rotatable bonds is 3. The highest BCUT2D eigenvalue weighted by molar-refractivity contribution is 7.16. The number of carbonyl (C=O) groups excluding carboxylic acids is 1. The first-order valence-corrected chi connectivity index (χ1v) is 7.37. The summed E-state index contributed by atoms with van der Waals surface area (Å²) in [5.41, 5.74) is 0. The SMILES string of the molecule is COC(=O)Cc1nn2c(C3CCCCC3)nnc2s1. The topological polar surface area (TPSA) is 69.4 Å². The van der Waals surface area contributed by atoms with Crippen molar-refractivity contribution in [1.29, 1.82) is 0 Å². The van der Waals surface area contributed by atoms with Gasteiger partial charge in [-0.25, -0.2) is 0 Å². The van der Waals surface area contributed by atoms with Gasteiger partial charge in [0.25, 0.3) is 0 Å². The summed E-state index contributed by atoms with van der Waals surface area (Å²) in [6, 6.07) is 0. The van der Waals surface area contributed by atoms with Gasteiger partial charge in [0.05, 0.1) is 13.5 Å². The van der Waals surface area contributed by atoms with Gasteiger partial charge in [-0.2, -0.15) is 9.61 Å². The van der Waals surface area contributed by atoms with Crippen LogP contribution < -0.4 is 0 Å². The minimum Gasteiger partial charge on any atom is -0.469 e. The first-order chi connectivity index (χ1) is 9.28. The smallest absolute Gasteiger partial charge is 0.312 e. The Labute approximate surface area is 114 Å². The normalized spacial score (nSPS) is 16.9. The summed E-state index contributed by atoms with van der Waals surface area (Å²) in [5.74, 6) is 1.13. The zero-order valence-corrected chi connectivity index (χ0v) is 11.7. The largest absolute Gasteiger partial charge is 0.469 e. The minimum absolute atomic E-state index is 0.203. The number of fused-ring (bicyclic) bond motifs is 1. The van der Waals surface area contributed by atoms with Gasteiger partial charge in [0, 0.05) is 5.92 Å². The van der Waals surface area contributed by atoms with Gasteiger partial charge in [0.15, 0.2) is 5.82 Å². The van der Waals surface area contributed by atoms with Crippen molar-refractivity contribution in [2.24, 2.45) is 0 Å². The van der Waals surface area contributed by atoms with Crippen molar-refractivity contribution in [3.63, 3.8) is 0 Å². The van der Waals surface area contributed by atoms with Crippen molar-refractivity contribution >= 4 is 22.3 Å². The molecule has 0 radical (unpaired) electrons. The summed E-state index contributed by atoms with van der Waals surface area (Å²) in [7, 11) is 1.38. The number of ether oxygens (including phenoxy) is 1. The molecule has 0 N–H and O–H groups in total. The number of nitrogens with zero attached hydrogens (tertiary/aromatic N) is 4. The fraction of sp³-hybridized carbons (Fsp3) is 0.667. The second kappa shape index (κ2) is 5.24. The molecule has 2 heterocycles. The Bertz CT molecular complexity index is 586. The van der Waals surface area contributed by atoms with Gasteiger partial charge < -0.3 is 4.74 Å². The third-order valence-corrected chi connectivity index (χ3v) is 4.45. The number of hydrogen-bond donors (Lipinski definition) is 0. The lowest BCUT2D eigenvalue weighted by Crippen LogP contribution is -2.10. The number of aromatic nitrogens is 4. The number of carbonyl (C=O) groups is 1. The Kier molecular flexibility index (Phi) is 3.46. The summed E-state index contributed by atoms with van der Waals surface area (Å²) >= 11 is 1.40. The summed E-state index contributed by atoms with van der Waals surface area (Å²) in [6.07, 6.45) is 6.32. The predicted octanol–water partition coefficient (Wildman–Crippen LogP) is 1.95. The molecule has 0 amide bonds. The second-order valence-electron chi connectivity index (χ2n) is 4.84. The lowest BCUT2D eigenvalue weighted by atomic mass is 9.89. The van der Waals surface area contributed by atoms with E-state index in [-0.39, 0.29) is 12.4 Å². The molecule has 0 aromatic carbocycles. The van der Waals surface area contributed by atoms with Crippen molar-refractivity contribution < 1.29 is 9.53 Å². The van der Waals surface area contributed by atoms with Crippen molar-refractivity contribution in [3.05, 3.63) is 10.8 Å². The van der Waals surface area contributed by atoms with Crippen LogP contribution in [0.3, 0.4) is 0 Å². The van der Waals surface area contributed by atoms with E-state index in [4.69, 9.17) is 0 Å². The van der Waals surface area contributed by atoms with Crippen LogP contribution in [0.4, 0.5) is 0 Å². The Balaban J connectivity index is 1.87. The van der Waals surface area contributed by atoms with Gasteiger partial charge >= 0.3 is 5.97 Å². The van der Waals surface area contributed by atoms with E-state index in [9.17, 15) is 4.79 Å². The molecule has 102 valence electrons. The van der Waals surface area contributed by atoms with Crippen LogP contribution in [-0.2, 0) is 16.0 Å². The monoisotopic (exact) mass is 280 g/mol. The quantitative estimate of drug-likeness (QED) is 0.804. The minimum atomic E-state index is -0.274. The molecule has 2 aromatic rings. The van der Waals surface area contributed by atoms with Crippen LogP contribution in [0.5, 0.6) is 0 Å².